The topological polar surface area (TPSA) is 58.2 Å². The third kappa shape index (κ3) is 5.39. The maximum atomic E-state index is 12.2. The van der Waals surface area contributed by atoms with Gasteiger partial charge in [-0.3, -0.25) is 9.59 Å². The molecule has 2 aromatic rings. The van der Waals surface area contributed by atoms with Crippen LogP contribution in [-0.2, 0) is 6.42 Å². The van der Waals surface area contributed by atoms with Crippen molar-refractivity contribution in [2.45, 2.75) is 26.3 Å². The highest BCUT2D eigenvalue weighted by molar-refractivity contribution is 6.30. The standard InChI is InChI=1S/C19H21ClN2O2/c1-13(2)22-19(24)16-5-3-4-15(12-16)18(23)21-11-10-14-6-8-17(20)9-7-14/h3-9,12-13H,10-11H2,1-2H3,(H,21,23)(H,22,24). The number of nitrogens with one attached hydrogen (secondary N) is 2. The fraction of sp³-hybridized carbons (Fsp3) is 0.263. The molecule has 0 aromatic heterocycles. The van der Waals surface area contributed by atoms with Crippen molar-refractivity contribution in [2.75, 3.05) is 6.54 Å². The summed E-state index contributed by atoms with van der Waals surface area (Å²) in [5, 5.41) is 6.37. The Balaban J connectivity index is 1.92. The van der Waals surface area contributed by atoms with E-state index in [9.17, 15) is 9.59 Å². The van der Waals surface area contributed by atoms with E-state index in [1.807, 2.05) is 38.1 Å². The Hall–Kier alpha value is -2.33. The highest BCUT2D eigenvalue weighted by Gasteiger charge is 2.11. The van der Waals surface area contributed by atoms with Gasteiger partial charge in [-0.05, 0) is 56.2 Å². The van der Waals surface area contributed by atoms with Crippen molar-refractivity contribution in [1.29, 1.82) is 0 Å². The van der Waals surface area contributed by atoms with Crippen molar-refractivity contribution in [3.8, 4) is 0 Å². The molecule has 2 aromatic carbocycles. The SMILES string of the molecule is CC(C)NC(=O)c1cccc(C(=O)NCCc2ccc(Cl)cc2)c1. The molecule has 0 aliphatic heterocycles. The van der Waals surface area contributed by atoms with E-state index < -0.39 is 0 Å². The zero-order chi connectivity index (χ0) is 17.5. The molecule has 0 unspecified atom stereocenters. The number of rotatable bonds is 6. The first kappa shape index (κ1) is 18.0. The molecule has 0 spiro atoms. The number of halogens is 1. The van der Waals surface area contributed by atoms with Gasteiger partial charge in [0.25, 0.3) is 11.8 Å². The lowest BCUT2D eigenvalue weighted by Crippen LogP contribution is -2.30. The highest BCUT2D eigenvalue weighted by Crippen LogP contribution is 2.10. The van der Waals surface area contributed by atoms with Crippen LogP contribution in [0.15, 0.2) is 48.5 Å². The summed E-state index contributed by atoms with van der Waals surface area (Å²) in [4.78, 5) is 24.2. The Morgan fingerprint density at radius 2 is 1.62 bits per heavy atom. The van der Waals surface area contributed by atoms with Crippen LogP contribution in [-0.4, -0.2) is 24.4 Å². The van der Waals surface area contributed by atoms with Gasteiger partial charge in [0, 0.05) is 28.7 Å². The quantitative estimate of drug-likeness (QED) is 0.843. The van der Waals surface area contributed by atoms with Gasteiger partial charge >= 0.3 is 0 Å². The molecule has 2 N–H and O–H groups in total. The molecule has 0 bridgehead atoms. The van der Waals surface area contributed by atoms with Crippen molar-refractivity contribution in [3.63, 3.8) is 0 Å². The van der Waals surface area contributed by atoms with E-state index >= 15 is 0 Å². The van der Waals surface area contributed by atoms with Crippen molar-refractivity contribution >= 4 is 23.4 Å². The molecular weight excluding hydrogens is 324 g/mol. The van der Waals surface area contributed by atoms with E-state index in [1.54, 1.807) is 24.3 Å². The Morgan fingerprint density at radius 3 is 2.25 bits per heavy atom. The van der Waals surface area contributed by atoms with E-state index in [2.05, 4.69) is 10.6 Å². The highest BCUT2D eigenvalue weighted by atomic mass is 35.5. The van der Waals surface area contributed by atoms with Crippen LogP contribution < -0.4 is 10.6 Å². The summed E-state index contributed by atoms with van der Waals surface area (Å²) in [5.41, 5.74) is 2.06. The Morgan fingerprint density at radius 1 is 1.00 bits per heavy atom. The fourth-order valence-electron chi connectivity index (χ4n) is 2.22. The molecule has 24 heavy (non-hydrogen) atoms. The lowest BCUT2D eigenvalue weighted by Gasteiger charge is -2.10. The van der Waals surface area contributed by atoms with Crippen LogP contribution in [0, 0.1) is 0 Å². The third-order valence-electron chi connectivity index (χ3n) is 3.42. The van der Waals surface area contributed by atoms with Crippen molar-refractivity contribution < 1.29 is 9.59 Å². The number of carbonyl (C=O) groups excluding carboxylic acids is 2. The minimum atomic E-state index is -0.192. The van der Waals surface area contributed by atoms with E-state index in [1.165, 1.54) is 0 Å². The molecule has 0 fully saturated rings. The molecule has 0 heterocycles. The summed E-state index contributed by atoms with van der Waals surface area (Å²) in [6.45, 7) is 4.30. The van der Waals surface area contributed by atoms with Gasteiger partial charge in [-0.15, -0.1) is 0 Å². The van der Waals surface area contributed by atoms with Crippen LogP contribution in [0.25, 0.3) is 0 Å². The summed E-state index contributed by atoms with van der Waals surface area (Å²) in [6, 6.07) is 14.3. The molecule has 0 atom stereocenters. The van der Waals surface area contributed by atoms with Gasteiger partial charge in [0.1, 0.15) is 0 Å². The predicted octanol–water partition coefficient (Wildman–Crippen LogP) is 3.45. The molecule has 0 aliphatic rings. The van der Waals surface area contributed by atoms with E-state index in [0.29, 0.717) is 22.7 Å². The minimum Gasteiger partial charge on any atom is -0.352 e. The van der Waals surface area contributed by atoms with Gasteiger partial charge < -0.3 is 10.6 Å². The van der Waals surface area contributed by atoms with Crippen molar-refractivity contribution in [3.05, 3.63) is 70.2 Å². The Bertz CT molecular complexity index is 712. The van der Waals surface area contributed by atoms with E-state index in [-0.39, 0.29) is 17.9 Å². The molecule has 2 rings (SSSR count). The summed E-state index contributed by atoms with van der Waals surface area (Å²) >= 11 is 5.85. The van der Waals surface area contributed by atoms with Gasteiger partial charge in [0.05, 0.1) is 0 Å². The second kappa shape index (κ2) is 8.50. The molecule has 4 nitrogen and oxygen atoms in total. The molecule has 0 saturated carbocycles. The van der Waals surface area contributed by atoms with Gasteiger partial charge in [-0.1, -0.05) is 29.8 Å². The van der Waals surface area contributed by atoms with Gasteiger partial charge in [-0.2, -0.15) is 0 Å². The summed E-state index contributed by atoms with van der Waals surface area (Å²) in [5.74, 6) is -0.371. The number of carbonyl (C=O) groups is 2. The number of amides is 2. The van der Waals surface area contributed by atoms with Crippen LogP contribution in [0.4, 0.5) is 0 Å². The normalized spacial score (nSPS) is 10.5. The minimum absolute atomic E-state index is 0.0503. The Kier molecular flexibility index (Phi) is 6.38. The largest absolute Gasteiger partial charge is 0.352 e. The maximum Gasteiger partial charge on any atom is 0.251 e. The molecule has 126 valence electrons. The molecule has 5 heteroatoms. The van der Waals surface area contributed by atoms with Crippen LogP contribution in [0.5, 0.6) is 0 Å². The van der Waals surface area contributed by atoms with Crippen LogP contribution in [0.2, 0.25) is 5.02 Å². The van der Waals surface area contributed by atoms with Crippen LogP contribution in [0.3, 0.4) is 0 Å². The van der Waals surface area contributed by atoms with Crippen molar-refractivity contribution in [1.82, 2.24) is 10.6 Å². The first-order valence-electron chi connectivity index (χ1n) is 7.89. The van der Waals surface area contributed by atoms with Crippen LogP contribution >= 0.6 is 11.6 Å². The van der Waals surface area contributed by atoms with Gasteiger partial charge in [0.15, 0.2) is 0 Å². The number of hydrogen-bond acceptors (Lipinski definition) is 2. The summed E-state index contributed by atoms with van der Waals surface area (Å²) in [6.07, 6.45) is 0.719. The molecule has 2 amide bonds. The van der Waals surface area contributed by atoms with Gasteiger partial charge in [0.2, 0.25) is 0 Å². The predicted molar refractivity (Wildman–Crippen MR) is 96.5 cm³/mol. The first-order valence-corrected chi connectivity index (χ1v) is 8.27. The average Bonchev–Trinajstić information content (AvgIpc) is 2.56. The Labute approximate surface area is 147 Å². The zero-order valence-electron chi connectivity index (χ0n) is 13.8. The molecule has 0 aliphatic carbocycles. The molecule has 0 saturated heterocycles. The van der Waals surface area contributed by atoms with Crippen molar-refractivity contribution in [2.24, 2.45) is 0 Å². The van der Waals surface area contributed by atoms with Crippen LogP contribution in [0.1, 0.15) is 40.1 Å². The fourth-order valence-corrected chi connectivity index (χ4v) is 2.35. The lowest BCUT2D eigenvalue weighted by atomic mass is 10.1. The van der Waals surface area contributed by atoms with E-state index in [4.69, 9.17) is 11.6 Å². The zero-order valence-corrected chi connectivity index (χ0v) is 14.6. The molecule has 0 radical (unpaired) electrons. The smallest absolute Gasteiger partial charge is 0.251 e. The first-order chi connectivity index (χ1) is 11.5. The average molecular weight is 345 g/mol. The van der Waals surface area contributed by atoms with Gasteiger partial charge in [-0.25, -0.2) is 0 Å². The third-order valence-corrected chi connectivity index (χ3v) is 3.67. The monoisotopic (exact) mass is 344 g/mol. The number of hydrogen-bond donors (Lipinski definition) is 2. The lowest BCUT2D eigenvalue weighted by molar-refractivity contribution is 0.0943. The summed E-state index contributed by atoms with van der Waals surface area (Å²) < 4.78 is 0. The summed E-state index contributed by atoms with van der Waals surface area (Å²) in [7, 11) is 0. The second-order valence-corrected chi connectivity index (χ2v) is 6.28. The second-order valence-electron chi connectivity index (χ2n) is 5.84. The van der Waals surface area contributed by atoms with E-state index in [0.717, 1.165) is 12.0 Å². The molecular formula is C19H21ClN2O2. The number of benzene rings is 2. The maximum absolute atomic E-state index is 12.2.